The van der Waals surface area contributed by atoms with Gasteiger partial charge in [-0.05, 0) is 55.9 Å². The third-order valence-corrected chi connectivity index (χ3v) is 4.33. The first-order chi connectivity index (χ1) is 10.1. The quantitative estimate of drug-likeness (QED) is 0.861. The van der Waals surface area contributed by atoms with Crippen LogP contribution >= 0.6 is 11.8 Å². The van der Waals surface area contributed by atoms with Gasteiger partial charge in [0.1, 0.15) is 5.82 Å². The van der Waals surface area contributed by atoms with Gasteiger partial charge in [-0.1, -0.05) is 6.92 Å². The molecule has 0 fully saturated rings. The van der Waals surface area contributed by atoms with E-state index in [2.05, 4.69) is 15.5 Å². The molecular weight excluding hydrogens is 291 g/mol. The van der Waals surface area contributed by atoms with Crippen molar-refractivity contribution in [2.24, 2.45) is 0 Å². The molecule has 0 aliphatic carbocycles. The maximum absolute atomic E-state index is 13.5. The number of aromatic amines is 1. The zero-order chi connectivity index (χ0) is 15.4. The molecule has 2 N–H and O–H groups in total. The predicted molar refractivity (Wildman–Crippen MR) is 81.1 cm³/mol. The molecule has 2 rings (SSSR count). The zero-order valence-electron chi connectivity index (χ0n) is 12.3. The Kier molecular flexibility index (Phi) is 5.19. The lowest BCUT2D eigenvalue weighted by Gasteiger charge is -2.15. The lowest BCUT2D eigenvalue weighted by Crippen LogP contribution is -2.17. The van der Waals surface area contributed by atoms with Crippen LogP contribution in [0.15, 0.2) is 33.0 Å². The average molecular weight is 310 g/mol. The molecule has 1 heterocycles. The summed E-state index contributed by atoms with van der Waals surface area (Å²) >= 11 is 1.37. The van der Waals surface area contributed by atoms with Gasteiger partial charge in [-0.25, -0.2) is 14.3 Å². The fourth-order valence-electron chi connectivity index (χ4n) is 2.01. The van der Waals surface area contributed by atoms with Gasteiger partial charge in [0.05, 0.1) is 0 Å². The SMILES string of the molecule is CCCn1c(Sc2ccc(F)cc2C(C)NC)n[nH]c1=O. The normalized spacial score (nSPS) is 12.6. The standard InChI is InChI=1S/C14H19FN4OS/c1-4-7-19-13(20)17-18-14(19)21-12-6-5-10(15)8-11(12)9(2)16-3/h5-6,8-9,16H,4,7H2,1-3H3,(H,17,20). The van der Waals surface area contributed by atoms with Crippen LogP contribution in [-0.4, -0.2) is 21.8 Å². The monoisotopic (exact) mass is 310 g/mol. The summed E-state index contributed by atoms with van der Waals surface area (Å²) in [5, 5.41) is 10.2. The number of nitrogens with zero attached hydrogens (tertiary/aromatic N) is 2. The molecular formula is C14H19FN4OS. The first-order valence-corrected chi connectivity index (χ1v) is 7.68. The van der Waals surface area contributed by atoms with E-state index in [1.54, 1.807) is 10.6 Å². The predicted octanol–water partition coefficient (Wildman–Crippen LogP) is 2.55. The number of rotatable bonds is 6. The Bertz CT molecular complexity index is 667. The van der Waals surface area contributed by atoms with E-state index in [4.69, 9.17) is 0 Å². The summed E-state index contributed by atoms with van der Waals surface area (Å²) in [5.74, 6) is -0.274. The Morgan fingerprint density at radius 1 is 1.52 bits per heavy atom. The minimum Gasteiger partial charge on any atom is -0.313 e. The first-order valence-electron chi connectivity index (χ1n) is 6.86. The van der Waals surface area contributed by atoms with Crippen LogP contribution in [0.4, 0.5) is 4.39 Å². The fraction of sp³-hybridized carbons (Fsp3) is 0.429. The second-order valence-corrected chi connectivity index (χ2v) is 5.77. The molecule has 1 unspecified atom stereocenters. The summed E-state index contributed by atoms with van der Waals surface area (Å²) in [6.07, 6.45) is 0.843. The van der Waals surface area contributed by atoms with Crippen LogP contribution in [0.1, 0.15) is 31.9 Å². The molecule has 0 saturated heterocycles. The highest BCUT2D eigenvalue weighted by molar-refractivity contribution is 7.99. The van der Waals surface area contributed by atoms with Gasteiger partial charge < -0.3 is 5.32 Å². The second kappa shape index (κ2) is 6.91. The number of H-pyrrole nitrogens is 1. The van der Waals surface area contributed by atoms with Crippen molar-refractivity contribution in [3.8, 4) is 0 Å². The number of hydrogen-bond acceptors (Lipinski definition) is 4. The van der Waals surface area contributed by atoms with Crippen molar-refractivity contribution in [2.75, 3.05) is 7.05 Å². The molecule has 21 heavy (non-hydrogen) atoms. The van der Waals surface area contributed by atoms with Gasteiger partial charge >= 0.3 is 5.69 Å². The molecule has 5 nitrogen and oxygen atoms in total. The summed E-state index contributed by atoms with van der Waals surface area (Å²) in [4.78, 5) is 12.6. The van der Waals surface area contributed by atoms with Crippen molar-refractivity contribution in [3.63, 3.8) is 0 Å². The lowest BCUT2D eigenvalue weighted by molar-refractivity contribution is 0.597. The average Bonchev–Trinajstić information content (AvgIpc) is 2.81. The summed E-state index contributed by atoms with van der Waals surface area (Å²) < 4.78 is 15.1. The highest BCUT2D eigenvalue weighted by atomic mass is 32.2. The third-order valence-electron chi connectivity index (χ3n) is 3.24. The minimum atomic E-state index is -0.274. The van der Waals surface area contributed by atoms with Crippen LogP contribution in [0.3, 0.4) is 0 Å². The maximum atomic E-state index is 13.5. The number of aromatic nitrogens is 3. The Morgan fingerprint density at radius 2 is 2.29 bits per heavy atom. The molecule has 0 aliphatic rings. The van der Waals surface area contributed by atoms with Crippen molar-refractivity contribution in [1.82, 2.24) is 20.1 Å². The van der Waals surface area contributed by atoms with Gasteiger partial charge in [0.25, 0.3) is 0 Å². The van der Waals surface area contributed by atoms with Gasteiger partial charge in [-0.15, -0.1) is 5.10 Å². The molecule has 0 bridgehead atoms. The largest absolute Gasteiger partial charge is 0.343 e. The van der Waals surface area contributed by atoms with Gasteiger partial charge in [0, 0.05) is 17.5 Å². The smallest absolute Gasteiger partial charge is 0.313 e. The van der Waals surface area contributed by atoms with Crippen molar-refractivity contribution < 1.29 is 4.39 Å². The summed E-state index contributed by atoms with van der Waals surface area (Å²) in [7, 11) is 1.82. The topological polar surface area (TPSA) is 62.7 Å². The molecule has 0 saturated carbocycles. The van der Waals surface area contributed by atoms with Crippen LogP contribution in [0.5, 0.6) is 0 Å². The molecule has 0 aliphatic heterocycles. The molecule has 1 aromatic heterocycles. The van der Waals surface area contributed by atoms with E-state index < -0.39 is 0 Å². The number of hydrogen-bond donors (Lipinski definition) is 2. The van der Waals surface area contributed by atoms with Crippen molar-refractivity contribution >= 4 is 11.8 Å². The minimum absolute atomic E-state index is 0.00786. The van der Waals surface area contributed by atoms with Gasteiger partial charge in [-0.2, -0.15) is 0 Å². The highest BCUT2D eigenvalue weighted by Crippen LogP contribution is 2.32. The summed E-state index contributed by atoms with van der Waals surface area (Å²) in [6, 6.07) is 4.66. The van der Waals surface area contributed by atoms with E-state index in [0.29, 0.717) is 11.7 Å². The van der Waals surface area contributed by atoms with Crippen LogP contribution in [-0.2, 0) is 6.54 Å². The number of benzene rings is 1. The highest BCUT2D eigenvalue weighted by Gasteiger charge is 2.15. The Morgan fingerprint density at radius 3 is 2.95 bits per heavy atom. The van der Waals surface area contributed by atoms with Crippen molar-refractivity contribution in [1.29, 1.82) is 0 Å². The van der Waals surface area contributed by atoms with Crippen LogP contribution in [0.25, 0.3) is 0 Å². The van der Waals surface area contributed by atoms with Crippen LogP contribution in [0, 0.1) is 5.82 Å². The molecule has 0 spiro atoms. The van der Waals surface area contributed by atoms with Crippen LogP contribution < -0.4 is 11.0 Å². The van der Waals surface area contributed by atoms with Crippen LogP contribution in [0.2, 0.25) is 0 Å². The molecule has 1 aromatic carbocycles. The van der Waals surface area contributed by atoms with Gasteiger partial charge in [-0.3, -0.25) is 4.57 Å². The Balaban J connectivity index is 2.38. The van der Waals surface area contributed by atoms with E-state index in [0.717, 1.165) is 16.9 Å². The summed E-state index contributed by atoms with van der Waals surface area (Å²) in [6.45, 7) is 4.57. The van der Waals surface area contributed by atoms with Crippen molar-refractivity contribution in [2.45, 2.75) is 42.9 Å². The molecule has 0 radical (unpaired) electrons. The summed E-state index contributed by atoms with van der Waals surface area (Å²) in [5.41, 5.74) is 0.630. The second-order valence-electron chi connectivity index (χ2n) is 4.76. The Labute approximate surface area is 127 Å². The molecule has 2 aromatic rings. The van der Waals surface area contributed by atoms with E-state index >= 15 is 0 Å². The molecule has 7 heteroatoms. The zero-order valence-corrected chi connectivity index (χ0v) is 13.1. The third kappa shape index (κ3) is 3.54. The van der Waals surface area contributed by atoms with E-state index in [1.807, 2.05) is 20.9 Å². The maximum Gasteiger partial charge on any atom is 0.343 e. The van der Waals surface area contributed by atoms with Gasteiger partial charge in [0.15, 0.2) is 5.16 Å². The van der Waals surface area contributed by atoms with E-state index in [9.17, 15) is 9.18 Å². The number of nitrogens with one attached hydrogen (secondary N) is 2. The van der Waals surface area contributed by atoms with E-state index in [1.165, 1.54) is 23.9 Å². The van der Waals surface area contributed by atoms with Crippen molar-refractivity contribution in [3.05, 3.63) is 40.1 Å². The Hall–Kier alpha value is -1.60. The lowest BCUT2D eigenvalue weighted by atomic mass is 10.1. The molecule has 0 amide bonds. The van der Waals surface area contributed by atoms with E-state index in [-0.39, 0.29) is 17.5 Å². The molecule has 1 atom stereocenters. The molecule has 114 valence electrons. The first kappa shape index (κ1) is 15.8. The fourth-order valence-corrected chi connectivity index (χ4v) is 3.07. The number of halogens is 1. The van der Waals surface area contributed by atoms with Gasteiger partial charge in [0.2, 0.25) is 0 Å².